The van der Waals surface area contributed by atoms with Gasteiger partial charge in [-0.15, -0.1) is 11.3 Å². The summed E-state index contributed by atoms with van der Waals surface area (Å²) in [5.74, 6) is 0.298. The molecule has 2 nitrogen and oxygen atoms in total. The second kappa shape index (κ2) is 4.68. The van der Waals surface area contributed by atoms with Gasteiger partial charge in [0.15, 0.2) is 0 Å². The van der Waals surface area contributed by atoms with Crippen molar-refractivity contribution in [3.05, 3.63) is 21.9 Å². The Labute approximate surface area is 101 Å². The van der Waals surface area contributed by atoms with Crippen LogP contribution in [0, 0.1) is 0 Å². The van der Waals surface area contributed by atoms with Crippen molar-refractivity contribution in [2.45, 2.75) is 51.0 Å². The van der Waals surface area contributed by atoms with E-state index in [1.807, 2.05) is 0 Å². The standard InChI is InChI=1S/C13H19NOS/c1-2-11-4-5-12(16-11)8-10(15)9-13(14)6-3-7-13/h4-5H,2-3,6-9,14H2,1H3. The highest BCUT2D eigenvalue weighted by molar-refractivity contribution is 7.12. The van der Waals surface area contributed by atoms with Crippen LogP contribution in [0.1, 0.15) is 42.4 Å². The quantitative estimate of drug-likeness (QED) is 0.855. The number of aryl methyl sites for hydroxylation is 1. The zero-order chi connectivity index (χ0) is 11.6. The highest BCUT2D eigenvalue weighted by Crippen LogP contribution is 2.32. The highest BCUT2D eigenvalue weighted by atomic mass is 32.1. The van der Waals surface area contributed by atoms with Gasteiger partial charge in [-0.1, -0.05) is 6.92 Å². The molecule has 88 valence electrons. The summed E-state index contributed by atoms with van der Waals surface area (Å²) in [7, 11) is 0. The Morgan fingerprint density at radius 3 is 2.62 bits per heavy atom. The van der Waals surface area contributed by atoms with E-state index in [0.29, 0.717) is 18.6 Å². The average molecular weight is 237 g/mol. The van der Waals surface area contributed by atoms with Crippen LogP contribution in [0.3, 0.4) is 0 Å². The van der Waals surface area contributed by atoms with Gasteiger partial charge in [0, 0.05) is 28.1 Å². The molecule has 0 aliphatic heterocycles. The predicted molar refractivity (Wildman–Crippen MR) is 67.8 cm³/mol. The number of hydrogen-bond donors (Lipinski definition) is 1. The first-order valence-electron chi connectivity index (χ1n) is 5.99. The van der Waals surface area contributed by atoms with E-state index in [-0.39, 0.29) is 5.54 Å². The van der Waals surface area contributed by atoms with Crippen molar-refractivity contribution < 1.29 is 4.79 Å². The average Bonchev–Trinajstić information content (AvgIpc) is 2.63. The monoisotopic (exact) mass is 237 g/mol. The molecule has 2 N–H and O–H groups in total. The second-order valence-corrected chi connectivity index (χ2v) is 6.08. The van der Waals surface area contributed by atoms with E-state index in [2.05, 4.69) is 19.1 Å². The van der Waals surface area contributed by atoms with Crippen molar-refractivity contribution in [2.24, 2.45) is 5.73 Å². The first-order chi connectivity index (χ1) is 7.61. The first kappa shape index (κ1) is 11.8. The molecular formula is C13H19NOS. The molecule has 1 aromatic rings. The number of nitrogens with two attached hydrogens (primary N) is 1. The topological polar surface area (TPSA) is 43.1 Å². The fourth-order valence-corrected chi connectivity index (χ4v) is 3.15. The molecule has 0 aromatic carbocycles. The van der Waals surface area contributed by atoms with Crippen molar-refractivity contribution in [1.82, 2.24) is 0 Å². The van der Waals surface area contributed by atoms with Gasteiger partial charge in [-0.05, 0) is 37.8 Å². The maximum absolute atomic E-state index is 11.8. The Morgan fingerprint density at radius 2 is 2.12 bits per heavy atom. The fraction of sp³-hybridized carbons (Fsp3) is 0.615. The van der Waals surface area contributed by atoms with Gasteiger partial charge < -0.3 is 5.73 Å². The van der Waals surface area contributed by atoms with E-state index in [4.69, 9.17) is 5.73 Å². The summed E-state index contributed by atoms with van der Waals surface area (Å²) in [6, 6.07) is 4.19. The van der Waals surface area contributed by atoms with Crippen LogP contribution in [-0.4, -0.2) is 11.3 Å². The number of carbonyl (C=O) groups excluding carboxylic acids is 1. The summed E-state index contributed by atoms with van der Waals surface area (Å²) in [5.41, 5.74) is 5.91. The Bertz CT molecular complexity index is 379. The van der Waals surface area contributed by atoms with Crippen LogP contribution in [-0.2, 0) is 17.6 Å². The van der Waals surface area contributed by atoms with Crippen molar-refractivity contribution >= 4 is 17.1 Å². The third kappa shape index (κ3) is 2.71. The van der Waals surface area contributed by atoms with Gasteiger partial charge >= 0.3 is 0 Å². The number of Topliss-reactive ketones (excluding diaryl/α,β-unsaturated/α-hetero) is 1. The van der Waals surface area contributed by atoms with Crippen LogP contribution in [0.5, 0.6) is 0 Å². The molecule has 1 aromatic heterocycles. The first-order valence-corrected chi connectivity index (χ1v) is 6.81. The molecule has 0 spiro atoms. The van der Waals surface area contributed by atoms with Gasteiger partial charge in [0.1, 0.15) is 5.78 Å². The maximum atomic E-state index is 11.8. The predicted octanol–water partition coefficient (Wildman–Crippen LogP) is 2.69. The molecule has 1 fully saturated rings. The van der Waals surface area contributed by atoms with Gasteiger partial charge in [0.25, 0.3) is 0 Å². The van der Waals surface area contributed by atoms with E-state index in [1.54, 1.807) is 11.3 Å². The lowest BCUT2D eigenvalue weighted by Gasteiger charge is -2.37. The largest absolute Gasteiger partial charge is 0.325 e. The molecule has 2 rings (SSSR count). The molecule has 0 bridgehead atoms. The van der Waals surface area contributed by atoms with Gasteiger partial charge in [0.2, 0.25) is 0 Å². The molecule has 0 radical (unpaired) electrons. The lowest BCUT2D eigenvalue weighted by Crippen LogP contribution is -2.48. The minimum absolute atomic E-state index is 0.165. The maximum Gasteiger partial charge on any atom is 0.139 e. The van der Waals surface area contributed by atoms with Crippen LogP contribution in [0.2, 0.25) is 0 Å². The van der Waals surface area contributed by atoms with E-state index in [9.17, 15) is 4.79 Å². The number of hydrogen-bond acceptors (Lipinski definition) is 3. The summed E-state index contributed by atoms with van der Waals surface area (Å²) >= 11 is 1.75. The van der Waals surface area contributed by atoms with Crippen molar-refractivity contribution in [2.75, 3.05) is 0 Å². The smallest absolute Gasteiger partial charge is 0.139 e. The van der Waals surface area contributed by atoms with E-state index >= 15 is 0 Å². The van der Waals surface area contributed by atoms with Gasteiger partial charge in [-0.2, -0.15) is 0 Å². The number of ketones is 1. The van der Waals surface area contributed by atoms with Crippen molar-refractivity contribution in [1.29, 1.82) is 0 Å². The normalized spacial score (nSPS) is 18.1. The van der Waals surface area contributed by atoms with Gasteiger partial charge in [-0.25, -0.2) is 0 Å². The molecular weight excluding hydrogens is 218 g/mol. The zero-order valence-corrected chi connectivity index (χ0v) is 10.6. The molecule has 0 amide bonds. The summed E-state index contributed by atoms with van der Waals surface area (Å²) in [4.78, 5) is 14.4. The van der Waals surface area contributed by atoms with Crippen LogP contribution in [0.25, 0.3) is 0 Å². The summed E-state index contributed by atoms with van der Waals surface area (Å²) in [5, 5.41) is 0. The summed E-state index contributed by atoms with van der Waals surface area (Å²) in [6.07, 6.45) is 5.41. The van der Waals surface area contributed by atoms with Crippen LogP contribution in [0.4, 0.5) is 0 Å². The minimum atomic E-state index is -0.165. The Balaban J connectivity index is 1.87. The fourth-order valence-electron chi connectivity index (χ4n) is 2.16. The van der Waals surface area contributed by atoms with Crippen LogP contribution >= 0.6 is 11.3 Å². The SMILES string of the molecule is CCc1ccc(CC(=O)CC2(N)CCC2)s1. The van der Waals surface area contributed by atoms with Gasteiger partial charge in [0.05, 0.1) is 0 Å². The molecule has 0 atom stereocenters. The molecule has 1 aliphatic rings. The molecule has 1 saturated carbocycles. The lowest BCUT2D eigenvalue weighted by atomic mass is 9.74. The van der Waals surface area contributed by atoms with E-state index in [0.717, 1.165) is 19.3 Å². The van der Waals surface area contributed by atoms with Crippen molar-refractivity contribution in [3.63, 3.8) is 0 Å². The highest BCUT2D eigenvalue weighted by Gasteiger charge is 2.34. The molecule has 3 heteroatoms. The number of carbonyl (C=O) groups is 1. The molecule has 1 heterocycles. The van der Waals surface area contributed by atoms with Gasteiger partial charge in [-0.3, -0.25) is 4.79 Å². The second-order valence-electron chi connectivity index (χ2n) is 4.83. The molecule has 16 heavy (non-hydrogen) atoms. The summed E-state index contributed by atoms with van der Waals surface area (Å²) < 4.78 is 0. The third-order valence-corrected chi connectivity index (χ3v) is 4.57. The zero-order valence-electron chi connectivity index (χ0n) is 9.79. The number of rotatable bonds is 5. The third-order valence-electron chi connectivity index (χ3n) is 3.34. The summed E-state index contributed by atoms with van der Waals surface area (Å²) in [6.45, 7) is 2.14. The van der Waals surface area contributed by atoms with Crippen LogP contribution in [0.15, 0.2) is 12.1 Å². The lowest BCUT2D eigenvalue weighted by molar-refractivity contribution is -0.120. The van der Waals surface area contributed by atoms with E-state index in [1.165, 1.54) is 16.2 Å². The van der Waals surface area contributed by atoms with E-state index < -0.39 is 0 Å². The minimum Gasteiger partial charge on any atom is -0.325 e. The molecule has 0 saturated heterocycles. The molecule has 0 unspecified atom stereocenters. The number of thiophene rings is 1. The Hall–Kier alpha value is -0.670. The Morgan fingerprint density at radius 1 is 1.44 bits per heavy atom. The Kier molecular flexibility index (Phi) is 3.45. The van der Waals surface area contributed by atoms with Crippen molar-refractivity contribution in [3.8, 4) is 0 Å². The molecule has 1 aliphatic carbocycles. The van der Waals surface area contributed by atoms with Crippen LogP contribution < -0.4 is 5.73 Å².